The third-order valence-electron chi connectivity index (χ3n) is 2.99. The van der Waals surface area contributed by atoms with Gasteiger partial charge in [0.1, 0.15) is 17.4 Å². The molecule has 1 aromatic heterocycles. The highest BCUT2D eigenvalue weighted by Crippen LogP contribution is 2.27. The summed E-state index contributed by atoms with van der Waals surface area (Å²) in [5.74, 6) is 0.540. The molecule has 2 rings (SSSR count). The van der Waals surface area contributed by atoms with Gasteiger partial charge in [-0.25, -0.2) is 0 Å². The zero-order chi connectivity index (χ0) is 17.0. The van der Waals surface area contributed by atoms with Gasteiger partial charge in [-0.15, -0.1) is 5.10 Å². The van der Waals surface area contributed by atoms with Crippen LogP contribution < -0.4 is 4.74 Å². The van der Waals surface area contributed by atoms with E-state index in [0.29, 0.717) is 10.9 Å². The van der Waals surface area contributed by atoms with Gasteiger partial charge in [-0.05, 0) is 67.6 Å². The van der Waals surface area contributed by atoms with E-state index in [0.717, 1.165) is 11.3 Å². The van der Waals surface area contributed by atoms with Crippen molar-refractivity contribution >= 4 is 17.7 Å². The summed E-state index contributed by atoms with van der Waals surface area (Å²) >= 11 is 1.25. The highest BCUT2D eigenvalue weighted by Gasteiger charge is 2.23. The van der Waals surface area contributed by atoms with Crippen LogP contribution in [0.4, 0.5) is 0 Å². The molecule has 23 heavy (non-hydrogen) atoms. The van der Waals surface area contributed by atoms with Crippen molar-refractivity contribution in [2.45, 2.75) is 32.9 Å². The first-order valence-electron chi connectivity index (χ1n) is 7.06. The van der Waals surface area contributed by atoms with Gasteiger partial charge in [0.25, 0.3) is 0 Å². The Morgan fingerprint density at radius 1 is 1.35 bits per heavy atom. The fourth-order valence-corrected chi connectivity index (χ4v) is 2.36. The topological polar surface area (TPSA) is 79.1 Å². The van der Waals surface area contributed by atoms with E-state index in [2.05, 4.69) is 15.5 Å². The molecule has 0 aliphatic heterocycles. The molecule has 0 bridgehead atoms. The maximum atomic E-state index is 11.8. The lowest BCUT2D eigenvalue weighted by molar-refractivity contribution is -0.150. The molecule has 0 fully saturated rings. The van der Waals surface area contributed by atoms with Gasteiger partial charge in [0, 0.05) is 0 Å². The van der Waals surface area contributed by atoms with Crippen LogP contribution in [0.3, 0.4) is 0 Å². The van der Waals surface area contributed by atoms with Crippen LogP contribution in [0.25, 0.3) is 5.69 Å². The predicted octanol–water partition coefficient (Wildman–Crippen LogP) is 2.62. The summed E-state index contributed by atoms with van der Waals surface area (Å²) in [5, 5.41) is 12.2. The zero-order valence-electron chi connectivity index (χ0n) is 13.9. The van der Waals surface area contributed by atoms with E-state index < -0.39 is 5.41 Å². The Hall–Kier alpha value is -2.09. The Labute approximate surface area is 139 Å². The minimum absolute atomic E-state index is 0.143. The second-order valence-corrected chi connectivity index (χ2v) is 6.88. The van der Waals surface area contributed by atoms with Crippen LogP contribution in [-0.4, -0.2) is 39.2 Å². The molecule has 0 spiro atoms. The van der Waals surface area contributed by atoms with Crippen molar-refractivity contribution < 1.29 is 14.3 Å². The summed E-state index contributed by atoms with van der Waals surface area (Å²) in [6.45, 7) is 7.40. The van der Waals surface area contributed by atoms with Crippen LogP contribution in [-0.2, 0) is 9.53 Å². The first-order chi connectivity index (χ1) is 10.8. The predicted molar refractivity (Wildman–Crippen MR) is 86.7 cm³/mol. The van der Waals surface area contributed by atoms with Crippen LogP contribution in [0.5, 0.6) is 5.75 Å². The van der Waals surface area contributed by atoms with Crippen LogP contribution >= 0.6 is 11.8 Å². The van der Waals surface area contributed by atoms with Crippen molar-refractivity contribution in [3.05, 3.63) is 23.8 Å². The molecule has 0 atom stereocenters. The van der Waals surface area contributed by atoms with Gasteiger partial charge in [0.2, 0.25) is 5.16 Å². The Morgan fingerprint density at radius 3 is 2.74 bits per heavy atom. The van der Waals surface area contributed by atoms with Crippen molar-refractivity contribution in [3.63, 3.8) is 0 Å². The number of esters is 1. The van der Waals surface area contributed by atoms with Gasteiger partial charge in [0.15, 0.2) is 0 Å². The molecule has 0 amide bonds. The molecule has 0 unspecified atom stereocenters. The van der Waals surface area contributed by atoms with Crippen LogP contribution in [0.1, 0.15) is 26.3 Å². The van der Waals surface area contributed by atoms with Gasteiger partial charge >= 0.3 is 5.97 Å². The molecule has 0 radical (unpaired) electrons. The first kappa shape index (κ1) is 17.3. The first-order valence-corrected chi connectivity index (χ1v) is 8.05. The third kappa shape index (κ3) is 4.22. The fourth-order valence-electron chi connectivity index (χ4n) is 1.74. The van der Waals surface area contributed by atoms with Crippen molar-refractivity contribution in [3.8, 4) is 11.4 Å². The number of aromatic nitrogens is 4. The summed E-state index contributed by atoms with van der Waals surface area (Å²) in [5.41, 5.74) is 1.26. The highest BCUT2D eigenvalue weighted by atomic mass is 32.2. The number of tetrazole rings is 1. The quantitative estimate of drug-likeness (QED) is 0.472. The van der Waals surface area contributed by atoms with Gasteiger partial charge in [-0.3, -0.25) is 4.79 Å². The van der Waals surface area contributed by atoms with Crippen molar-refractivity contribution in [2.75, 3.05) is 13.0 Å². The lowest BCUT2D eigenvalue weighted by Gasteiger charge is -2.16. The second-order valence-electron chi connectivity index (χ2n) is 5.99. The maximum absolute atomic E-state index is 11.8. The normalized spacial score (nSPS) is 11.3. The summed E-state index contributed by atoms with van der Waals surface area (Å²) in [6, 6.07) is 5.74. The second kappa shape index (κ2) is 6.99. The largest absolute Gasteiger partial charge is 0.494 e. The number of benzene rings is 1. The zero-order valence-corrected chi connectivity index (χ0v) is 14.7. The molecule has 0 saturated heterocycles. The number of carbonyl (C=O) groups excluding carboxylic acids is 1. The van der Waals surface area contributed by atoms with E-state index >= 15 is 0 Å². The minimum atomic E-state index is -0.535. The summed E-state index contributed by atoms with van der Waals surface area (Å²) in [4.78, 5) is 11.8. The average Bonchev–Trinajstić information content (AvgIpc) is 2.94. The molecule has 8 heteroatoms. The highest BCUT2D eigenvalue weighted by molar-refractivity contribution is 7.99. The van der Waals surface area contributed by atoms with E-state index in [-0.39, 0.29) is 11.9 Å². The molecule has 0 N–H and O–H groups in total. The number of nitrogens with zero attached hydrogens (tertiary/aromatic N) is 4. The maximum Gasteiger partial charge on any atom is 0.312 e. The summed E-state index contributed by atoms with van der Waals surface area (Å²) < 4.78 is 12.2. The summed E-state index contributed by atoms with van der Waals surface area (Å²) in [6.07, 6.45) is 0. The molecular formula is C15H20N4O3S. The smallest absolute Gasteiger partial charge is 0.312 e. The molecule has 0 saturated carbocycles. The van der Waals surface area contributed by atoms with Crippen molar-refractivity contribution in [1.82, 2.24) is 20.2 Å². The lowest BCUT2D eigenvalue weighted by atomic mass is 9.98. The van der Waals surface area contributed by atoms with E-state index in [9.17, 15) is 4.79 Å². The molecular weight excluding hydrogens is 316 g/mol. The van der Waals surface area contributed by atoms with Crippen molar-refractivity contribution in [2.24, 2.45) is 5.41 Å². The van der Waals surface area contributed by atoms with Gasteiger partial charge < -0.3 is 9.47 Å². The molecule has 2 aromatic rings. The monoisotopic (exact) mass is 336 g/mol. The number of hydrogen-bond donors (Lipinski definition) is 0. The standard InChI is InChI=1S/C15H20N4O3S/c1-10-6-7-12(21-5)11(8-10)19-14(16-17-18-19)23-9-22-13(20)15(2,3)4/h6-8H,9H2,1-5H3. The molecule has 1 aromatic carbocycles. The molecule has 1 heterocycles. The van der Waals surface area contributed by atoms with Crippen LogP contribution in [0, 0.1) is 12.3 Å². The van der Waals surface area contributed by atoms with Crippen LogP contribution in [0.2, 0.25) is 0 Å². The van der Waals surface area contributed by atoms with E-state index in [1.165, 1.54) is 11.8 Å². The van der Waals surface area contributed by atoms with Crippen LogP contribution in [0.15, 0.2) is 23.4 Å². The Bertz CT molecular complexity index is 694. The Kier molecular flexibility index (Phi) is 5.25. The van der Waals surface area contributed by atoms with Gasteiger partial charge in [-0.2, -0.15) is 4.68 Å². The molecule has 7 nitrogen and oxygen atoms in total. The third-order valence-corrected chi connectivity index (χ3v) is 3.74. The van der Waals surface area contributed by atoms with Crippen molar-refractivity contribution in [1.29, 1.82) is 0 Å². The van der Waals surface area contributed by atoms with Gasteiger partial charge in [-0.1, -0.05) is 6.07 Å². The Morgan fingerprint density at radius 2 is 2.09 bits per heavy atom. The number of carbonyl (C=O) groups is 1. The number of ether oxygens (including phenoxy) is 2. The van der Waals surface area contributed by atoms with E-state index in [1.807, 2.05) is 45.9 Å². The molecule has 0 aliphatic rings. The Balaban J connectivity index is 2.15. The molecule has 124 valence electrons. The number of hydrogen-bond acceptors (Lipinski definition) is 7. The minimum Gasteiger partial charge on any atom is -0.494 e. The molecule has 0 aliphatic carbocycles. The van der Waals surface area contributed by atoms with Gasteiger partial charge in [0.05, 0.1) is 12.5 Å². The average molecular weight is 336 g/mol. The summed E-state index contributed by atoms with van der Waals surface area (Å²) in [7, 11) is 1.59. The van der Waals surface area contributed by atoms with E-state index in [1.54, 1.807) is 11.8 Å². The number of aryl methyl sites for hydroxylation is 1. The number of rotatable bonds is 5. The van der Waals surface area contributed by atoms with E-state index in [4.69, 9.17) is 9.47 Å². The number of thioether (sulfide) groups is 1. The lowest BCUT2D eigenvalue weighted by Crippen LogP contribution is -2.22. The number of methoxy groups -OCH3 is 1. The SMILES string of the molecule is COc1ccc(C)cc1-n1nnnc1SCOC(=O)C(C)(C)C. The fraction of sp³-hybridized carbons (Fsp3) is 0.467.